The molecule has 5 heteroatoms. The van der Waals surface area contributed by atoms with E-state index in [1.54, 1.807) is 11.3 Å². The molecule has 0 radical (unpaired) electrons. The van der Waals surface area contributed by atoms with Gasteiger partial charge in [-0.15, -0.1) is 11.3 Å². The van der Waals surface area contributed by atoms with Crippen LogP contribution in [0.4, 0.5) is 0 Å². The van der Waals surface area contributed by atoms with Gasteiger partial charge in [-0.25, -0.2) is 9.98 Å². The van der Waals surface area contributed by atoms with Gasteiger partial charge in [0.15, 0.2) is 5.96 Å². The van der Waals surface area contributed by atoms with Crippen LogP contribution in [0.25, 0.3) is 10.8 Å². The van der Waals surface area contributed by atoms with E-state index in [2.05, 4.69) is 76.9 Å². The Morgan fingerprint density at radius 3 is 2.71 bits per heavy atom. The number of hydrogen-bond acceptors (Lipinski definition) is 3. The summed E-state index contributed by atoms with van der Waals surface area (Å²) in [5, 5.41) is 10.2. The lowest BCUT2D eigenvalue weighted by Crippen LogP contribution is -2.36. The number of fused-ring (bicyclic) bond motifs is 1. The van der Waals surface area contributed by atoms with Crippen LogP contribution in [0.15, 0.2) is 53.7 Å². The van der Waals surface area contributed by atoms with Crippen molar-refractivity contribution >= 4 is 28.1 Å². The highest BCUT2D eigenvalue weighted by Crippen LogP contribution is 2.16. The molecular weight excluding hydrogens is 316 g/mol. The molecule has 0 aliphatic rings. The summed E-state index contributed by atoms with van der Waals surface area (Å²) < 4.78 is 0. The first-order chi connectivity index (χ1) is 11.7. The van der Waals surface area contributed by atoms with Crippen molar-refractivity contribution in [3.8, 4) is 0 Å². The number of nitrogens with zero attached hydrogens (tertiary/aromatic N) is 2. The molecule has 0 saturated carbocycles. The molecule has 0 atom stereocenters. The lowest BCUT2D eigenvalue weighted by atomic mass is 10.1. The maximum Gasteiger partial charge on any atom is 0.191 e. The van der Waals surface area contributed by atoms with Crippen molar-refractivity contribution in [1.29, 1.82) is 0 Å². The first kappa shape index (κ1) is 16.5. The summed E-state index contributed by atoms with van der Waals surface area (Å²) in [6, 6.07) is 14.9. The molecule has 0 bridgehead atoms. The molecule has 2 N–H and O–H groups in total. The summed E-state index contributed by atoms with van der Waals surface area (Å²) in [4.78, 5) is 10.3. The van der Waals surface area contributed by atoms with Gasteiger partial charge < -0.3 is 10.6 Å². The zero-order valence-corrected chi connectivity index (χ0v) is 14.9. The average Bonchev–Trinajstić information content (AvgIpc) is 3.02. The molecule has 2 aromatic carbocycles. The molecule has 0 unspecified atom stereocenters. The normalized spacial score (nSPS) is 11.7. The SMILES string of the molecule is CCNC(=NCc1ccc2ccccc2c1)NCc1ncc(C)s1. The molecule has 1 aromatic heterocycles. The van der Waals surface area contributed by atoms with Crippen LogP contribution in [0.2, 0.25) is 0 Å². The molecule has 3 rings (SSSR count). The van der Waals surface area contributed by atoms with Crippen molar-refractivity contribution < 1.29 is 0 Å². The Hall–Kier alpha value is -2.40. The van der Waals surface area contributed by atoms with Gasteiger partial charge in [-0.3, -0.25) is 0 Å². The Balaban J connectivity index is 1.67. The van der Waals surface area contributed by atoms with E-state index in [1.807, 2.05) is 6.20 Å². The summed E-state index contributed by atoms with van der Waals surface area (Å²) in [6.07, 6.45) is 1.90. The monoisotopic (exact) mass is 338 g/mol. The number of aryl methyl sites for hydroxylation is 1. The Morgan fingerprint density at radius 2 is 1.96 bits per heavy atom. The van der Waals surface area contributed by atoms with Crippen LogP contribution in [-0.4, -0.2) is 17.5 Å². The Bertz CT molecular complexity index is 838. The zero-order valence-electron chi connectivity index (χ0n) is 14.0. The average molecular weight is 338 g/mol. The highest BCUT2D eigenvalue weighted by atomic mass is 32.1. The molecule has 4 nitrogen and oxygen atoms in total. The van der Waals surface area contributed by atoms with E-state index < -0.39 is 0 Å². The van der Waals surface area contributed by atoms with E-state index in [0.717, 1.165) is 17.5 Å². The molecule has 1 heterocycles. The highest BCUT2D eigenvalue weighted by molar-refractivity contribution is 7.11. The fraction of sp³-hybridized carbons (Fsp3) is 0.263. The maximum absolute atomic E-state index is 4.68. The second-order valence-electron chi connectivity index (χ2n) is 5.59. The van der Waals surface area contributed by atoms with Gasteiger partial charge in [-0.1, -0.05) is 36.4 Å². The molecule has 0 saturated heterocycles. The minimum atomic E-state index is 0.650. The van der Waals surface area contributed by atoms with Crippen LogP contribution in [-0.2, 0) is 13.1 Å². The van der Waals surface area contributed by atoms with Crippen molar-refractivity contribution in [3.05, 3.63) is 64.1 Å². The second-order valence-corrected chi connectivity index (χ2v) is 6.91. The van der Waals surface area contributed by atoms with Crippen LogP contribution in [0.5, 0.6) is 0 Å². The van der Waals surface area contributed by atoms with Crippen molar-refractivity contribution in [3.63, 3.8) is 0 Å². The second kappa shape index (κ2) is 7.93. The van der Waals surface area contributed by atoms with E-state index in [9.17, 15) is 0 Å². The molecule has 0 amide bonds. The van der Waals surface area contributed by atoms with Gasteiger partial charge >= 0.3 is 0 Å². The van der Waals surface area contributed by atoms with Crippen LogP contribution in [0, 0.1) is 6.92 Å². The lowest BCUT2D eigenvalue weighted by Gasteiger charge is -2.10. The molecule has 0 aliphatic carbocycles. The summed E-state index contributed by atoms with van der Waals surface area (Å²) >= 11 is 1.71. The number of hydrogen-bond donors (Lipinski definition) is 2. The topological polar surface area (TPSA) is 49.3 Å². The number of rotatable bonds is 5. The molecule has 3 aromatic rings. The fourth-order valence-corrected chi connectivity index (χ4v) is 3.22. The molecule has 24 heavy (non-hydrogen) atoms. The van der Waals surface area contributed by atoms with E-state index >= 15 is 0 Å². The van der Waals surface area contributed by atoms with Crippen LogP contribution in [0.1, 0.15) is 22.4 Å². The predicted molar refractivity (Wildman–Crippen MR) is 102 cm³/mol. The summed E-state index contributed by atoms with van der Waals surface area (Å²) in [7, 11) is 0. The van der Waals surface area contributed by atoms with Gasteiger partial charge in [0.25, 0.3) is 0 Å². The van der Waals surface area contributed by atoms with Crippen LogP contribution < -0.4 is 10.6 Å². The van der Waals surface area contributed by atoms with Gasteiger partial charge in [0.05, 0.1) is 13.1 Å². The first-order valence-corrected chi connectivity index (χ1v) is 8.97. The molecule has 124 valence electrons. The largest absolute Gasteiger partial charge is 0.357 e. The van der Waals surface area contributed by atoms with Gasteiger partial charge in [0, 0.05) is 17.6 Å². The van der Waals surface area contributed by atoms with Crippen molar-refractivity contribution in [2.24, 2.45) is 4.99 Å². The van der Waals surface area contributed by atoms with Gasteiger partial charge in [0.1, 0.15) is 5.01 Å². The zero-order chi connectivity index (χ0) is 16.8. The number of nitrogens with one attached hydrogen (secondary N) is 2. The van der Waals surface area contributed by atoms with Crippen LogP contribution in [0.3, 0.4) is 0 Å². The summed E-state index contributed by atoms with van der Waals surface area (Å²) in [5.41, 5.74) is 1.20. The number of aromatic nitrogens is 1. The van der Waals surface area contributed by atoms with Crippen molar-refractivity contribution in [1.82, 2.24) is 15.6 Å². The van der Waals surface area contributed by atoms with Gasteiger partial charge in [-0.2, -0.15) is 0 Å². The lowest BCUT2D eigenvalue weighted by molar-refractivity contribution is 0.811. The first-order valence-electron chi connectivity index (χ1n) is 8.16. The predicted octanol–water partition coefficient (Wildman–Crippen LogP) is 3.86. The number of benzene rings is 2. The van der Waals surface area contributed by atoms with Gasteiger partial charge in [-0.05, 0) is 36.2 Å². The Kier molecular flexibility index (Phi) is 5.43. The standard InChI is InChI=1S/C19H22N4S/c1-3-20-19(23-13-18-21-11-14(2)24-18)22-12-15-8-9-16-6-4-5-7-17(16)10-15/h4-11H,3,12-13H2,1-2H3,(H2,20,22,23). The smallest absolute Gasteiger partial charge is 0.191 e. The fourth-order valence-electron chi connectivity index (χ4n) is 2.49. The Labute approximate surface area is 146 Å². The molecule has 0 fully saturated rings. The van der Waals surface area contributed by atoms with E-state index in [-0.39, 0.29) is 0 Å². The quantitative estimate of drug-likeness (QED) is 0.548. The number of thiazole rings is 1. The van der Waals surface area contributed by atoms with Crippen LogP contribution >= 0.6 is 11.3 Å². The molecular formula is C19H22N4S. The molecule has 0 spiro atoms. The van der Waals surface area contributed by atoms with Gasteiger partial charge in [0.2, 0.25) is 0 Å². The van der Waals surface area contributed by atoms with E-state index in [1.165, 1.54) is 21.2 Å². The summed E-state index contributed by atoms with van der Waals surface area (Å²) in [6.45, 7) is 6.32. The maximum atomic E-state index is 4.68. The van der Waals surface area contributed by atoms with Crippen molar-refractivity contribution in [2.45, 2.75) is 26.9 Å². The number of guanidine groups is 1. The third-order valence-electron chi connectivity index (χ3n) is 3.65. The molecule has 0 aliphatic heterocycles. The minimum Gasteiger partial charge on any atom is -0.357 e. The van der Waals surface area contributed by atoms with Crippen molar-refractivity contribution in [2.75, 3.05) is 6.54 Å². The Morgan fingerprint density at radius 1 is 1.12 bits per heavy atom. The highest BCUT2D eigenvalue weighted by Gasteiger charge is 2.02. The third-order valence-corrected chi connectivity index (χ3v) is 4.57. The minimum absolute atomic E-state index is 0.650. The number of aliphatic imine (C=N–C) groups is 1. The summed E-state index contributed by atoms with van der Waals surface area (Å²) in [5.74, 6) is 0.818. The third kappa shape index (κ3) is 4.32. The van der Waals surface area contributed by atoms with E-state index in [4.69, 9.17) is 0 Å². The van der Waals surface area contributed by atoms with E-state index in [0.29, 0.717) is 13.1 Å².